The van der Waals surface area contributed by atoms with E-state index in [0.29, 0.717) is 37.4 Å². The highest BCUT2D eigenvalue weighted by molar-refractivity contribution is 5.94. The molecule has 0 aromatic heterocycles. The lowest BCUT2D eigenvalue weighted by molar-refractivity contribution is -0.138. The van der Waals surface area contributed by atoms with Gasteiger partial charge in [-0.05, 0) is 62.3 Å². The molecule has 0 unspecified atom stereocenters. The van der Waals surface area contributed by atoms with Crippen LogP contribution in [-0.4, -0.2) is 35.4 Å². The average Bonchev–Trinajstić information content (AvgIpc) is 2.78. The fraction of sp³-hybridized carbons (Fsp3) is 0.680. The fourth-order valence-electron chi connectivity index (χ4n) is 5.42. The number of nitrogens with zero attached hydrogens (tertiary/aromatic N) is 1. The van der Waals surface area contributed by atoms with Crippen LogP contribution in [0, 0.1) is 0 Å². The predicted molar refractivity (Wildman–Crippen MR) is 119 cm³/mol. The van der Waals surface area contributed by atoms with Crippen molar-refractivity contribution < 1.29 is 14.3 Å². The van der Waals surface area contributed by atoms with Crippen LogP contribution < -0.4 is 10.1 Å². The van der Waals surface area contributed by atoms with Crippen molar-refractivity contribution in [3.63, 3.8) is 0 Å². The number of ether oxygens (including phenoxy) is 1. The first-order valence-electron chi connectivity index (χ1n) is 12.1. The van der Waals surface area contributed by atoms with E-state index in [4.69, 9.17) is 4.74 Å². The van der Waals surface area contributed by atoms with Crippen LogP contribution in [0.25, 0.3) is 0 Å². The Bertz CT molecular complexity index is 718. The summed E-state index contributed by atoms with van der Waals surface area (Å²) in [5.41, 5.74) is 2.02. The smallest absolute Gasteiger partial charge is 0.224 e. The molecule has 4 rings (SSSR count). The monoisotopic (exact) mass is 412 g/mol. The Morgan fingerprint density at radius 2 is 1.63 bits per heavy atom. The van der Waals surface area contributed by atoms with Gasteiger partial charge in [0, 0.05) is 30.6 Å². The third-order valence-corrected chi connectivity index (χ3v) is 7.00. The first-order valence-corrected chi connectivity index (χ1v) is 12.1. The number of anilines is 1. The number of amides is 2. The standard InChI is InChI=1S/C25H36N2O3/c28-24-16-13-19-18-22(14-15-23(19)26-24)30-17-7-12-25(29)27(20-8-3-1-4-9-20)21-10-5-2-6-11-21/h14-15,18,20-21H,1-13,16-17H2,(H,26,28). The van der Waals surface area contributed by atoms with Crippen LogP contribution in [0.3, 0.4) is 0 Å². The van der Waals surface area contributed by atoms with Gasteiger partial charge in [-0.25, -0.2) is 0 Å². The van der Waals surface area contributed by atoms with Crippen LogP contribution in [0.4, 0.5) is 5.69 Å². The summed E-state index contributed by atoms with van der Waals surface area (Å²) in [6, 6.07) is 6.77. The molecule has 2 fully saturated rings. The van der Waals surface area contributed by atoms with Gasteiger partial charge in [0.1, 0.15) is 5.75 Å². The van der Waals surface area contributed by atoms with Crippen molar-refractivity contribution in [2.24, 2.45) is 0 Å². The Kier molecular flexibility index (Phi) is 7.29. The van der Waals surface area contributed by atoms with Gasteiger partial charge < -0.3 is 15.0 Å². The van der Waals surface area contributed by atoms with Crippen molar-refractivity contribution >= 4 is 17.5 Å². The molecule has 0 radical (unpaired) electrons. The average molecular weight is 413 g/mol. The van der Waals surface area contributed by atoms with E-state index in [-0.39, 0.29) is 5.91 Å². The number of carbonyl (C=O) groups is 2. The third kappa shape index (κ3) is 5.35. The van der Waals surface area contributed by atoms with Crippen LogP contribution in [0.15, 0.2) is 18.2 Å². The second kappa shape index (κ2) is 10.3. The number of carbonyl (C=O) groups excluding carboxylic acids is 2. The van der Waals surface area contributed by atoms with Crippen molar-refractivity contribution in [3.05, 3.63) is 23.8 Å². The van der Waals surface area contributed by atoms with Crippen molar-refractivity contribution in [3.8, 4) is 5.75 Å². The molecule has 2 aliphatic carbocycles. The maximum Gasteiger partial charge on any atom is 0.224 e. The lowest BCUT2D eigenvalue weighted by atomic mass is 9.88. The van der Waals surface area contributed by atoms with E-state index < -0.39 is 0 Å². The Balaban J connectivity index is 1.28. The maximum absolute atomic E-state index is 13.2. The molecule has 0 saturated heterocycles. The second-order valence-electron chi connectivity index (χ2n) is 9.20. The Morgan fingerprint density at radius 1 is 0.967 bits per heavy atom. The number of benzene rings is 1. The summed E-state index contributed by atoms with van der Waals surface area (Å²) in [6.45, 7) is 0.556. The molecule has 30 heavy (non-hydrogen) atoms. The SMILES string of the molecule is O=C1CCc2cc(OCCCC(=O)N(C3CCCCC3)C3CCCCC3)ccc2N1. The molecule has 2 amide bonds. The Morgan fingerprint density at radius 3 is 2.30 bits per heavy atom. The highest BCUT2D eigenvalue weighted by Gasteiger charge is 2.31. The van der Waals surface area contributed by atoms with Crippen LogP contribution >= 0.6 is 0 Å². The predicted octanol–water partition coefficient (Wildman–Crippen LogP) is 5.22. The third-order valence-electron chi connectivity index (χ3n) is 7.00. The zero-order chi connectivity index (χ0) is 20.8. The molecule has 3 aliphatic rings. The van der Waals surface area contributed by atoms with Crippen molar-refractivity contribution in [1.29, 1.82) is 0 Å². The van der Waals surface area contributed by atoms with Crippen molar-refractivity contribution in [2.45, 2.75) is 102 Å². The van der Waals surface area contributed by atoms with E-state index in [0.717, 1.165) is 29.8 Å². The molecule has 5 nitrogen and oxygen atoms in total. The van der Waals surface area contributed by atoms with Crippen LogP contribution in [0.1, 0.15) is 89.0 Å². The topological polar surface area (TPSA) is 58.6 Å². The van der Waals surface area contributed by atoms with Gasteiger partial charge in [-0.2, -0.15) is 0 Å². The van der Waals surface area contributed by atoms with Crippen LogP contribution in [0.5, 0.6) is 5.75 Å². The number of rotatable bonds is 7. The van der Waals surface area contributed by atoms with Gasteiger partial charge in [-0.15, -0.1) is 0 Å². The van der Waals surface area contributed by atoms with Crippen LogP contribution in [0.2, 0.25) is 0 Å². The summed E-state index contributed by atoms with van der Waals surface area (Å²) in [5, 5.41) is 2.90. The van der Waals surface area contributed by atoms with Gasteiger partial charge in [0.2, 0.25) is 11.8 Å². The Labute approximate surface area is 180 Å². The highest BCUT2D eigenvalue weighted by atomic mass is 16.5. The van der Waals surface area contributed by atoms with E-state index in [2.05, 4.69) is 10.2 Å². The molecule has 1 aromatic rings. The number of hydrogen-bond donors (Lipinski definition) is 1. The summed E-state index contributed by atoms with van der Waals surface area (Å²) >= 11 is 0. The maximum atomic E-state index is 13.2. The lowest BCUT2D eigenvalue weighted by Crippen LogP contribution is -2.48. The number of aryl methyl sites for hydroxylation is 1. The molecular weight excluding hydrogens is 376 g/mol. The van der Waals surface area contributed by atoms with E-state index in [1.165, 1.54) is 64.2 Å². The molecule has 1 aromatic carbocycles. The summed E-state index contributed by atoms with van der Waals surface area (Å²) in [4.78, 5) is 27.0. The minimum Gasteiger partial charge on any atom is -0.494 e. The number of nitrogens with one attached hydrogen (secondary N) is 1. The van der Waals surface area contributed by atoms with Gasteiger partial charge in [-0.3, -0.25) is 9.59 Å². The molecule has 1 heterocycles. The van der Waals surface area contributed by atoms with E-state index in [1.807, 2.05) is 18.2 Å². The Hall–Kier alpha value is -2.04. The molecule has 1 aliphatic heterocycles. The van der Waals surface area contributed by atoms with Crippen molar-refractivity contribution in [2.75, 3.05) is 11.9 Å². The largest absolute Gasteiger partial charge is 0.494 e. The molecule has 0 spiro atoms. The van der Waals surface area contributed by atoms with E-state index >= 15 is 0 Å². The van der Waals surface area contributed by atoms with Crippen LogP contribution in [-0.2, 0) is 16.0 Å². The summed E-state index contributed by atoms with van der Waals surface area (Å²) in [7, 11) is 0. The highest BCUT2D eigenvalue weighted by Crippen LogP contribution is 2.31. The van der Waals surface area contributed by atoms with Crippen molar-refractivity contribution in [1.82, 2.24) is 4.90 Å². The summed E-state index contributed by atoms with van der Waals surface area (Å²) in [6.07, 6.45) is 15.1. The number of fused-ring (bicyclic) bond motifs is 1. The minimum absolute atomic E-state index is 0.0789. The first-order chi connectivity index (χ1) is 14.7. The van der Waals surface area contributed by atoms with E-state index in [9.17, 15) is 9.59 Å². The molecule has 1 N–H and O–H groups in total. The van der Waals surface area contributed by atoms with Gasteiger partial charge >= 0.3 is 0 Å². The first kappa shape index (κ1) is 21.2. The molecule has 5 heteroatoms. The van der Waals surface area contributed by atoms with Gasteiger partial charge in [0.25, 0.3) is 0 Å². The molecule has 164 valence electrons. The quantitative estimate of drug-likeness (QED) is 0.624. The van der Waals surface area contributed by atoms with E-state index in [1.54, 1.807) is 0 Å². The van der Waals surface area contributed by atoms with Gasteiger partial charge in [0.15, 0.2) is 0 Å². The molecular formula is C25H36N2O3. The fourth-order valence-corrected chi connectivity index (χ4v) is 5.42. The van der Waals surface area contributed by atoms with Gasteiger partial charge in [-0.1, -0.05) is 38.5 Å². The minimum atomic E-state index is 0.0789. The van der Waals surface area contributed by atoms with Gasteiger partial charge in [0.05, 0.1) is 6.61 Å². The zero-order valence-corrected chi connectivity index (χ0v) is 18.2. The molecule has 0 bridgehead atoms. The zero-order valence-electron chi connectivity index (χ0n) is 18.2. The summed E-state index contributed by atoms with van der Waals surface area (Å²) < 4.78 is 5.94. The normalized spacial score (nSPS) is 20.3. The lowest BCUT2D eigenvalue weighted by Gasteiger charge is -2.42. The summed E-state index contributed by atoms with van der Waals surface area (Å²) in [5.74, 6) is 1.24. The molecule has 0 atom stereocenters. The molecule has 2 saturated carbocycles. The number of hydrogen-bond acceptors (Lipinski definition) is 3. The second-order valence-corrected chi connectivity index (χ2v) is 9.20.